The number of terminal acetylenes is 1. The molecular weight excluding hydrogens is 284 g/mol. The Balaban J connectivity index is 1.89. The molecule has 1 fully saturated rings. The van der Waals surface area contributed by atoms with Gasteiger partial charge in [0.15, 0.2) is 5.79 Å². The highest BCUT2D eigenvalue weighted by Crippen LogP contribution is 2.55. The van der Waals surface area contributed by atoms with Gasteiger partial charge in [0.1, 0.15) is 0 Å². The molecule has 2 aliphatic carbocycles. The van der Waals surface area contributed by atoms with Crippen LogP contribution in [0.4, 0.5) is 0 Å². The molecule has 23 heavy (non-hydrogen) atoms. The average Bonchev–Trinajstić information content (AvgIpc) is 2.81. The molecule has 2 nitrogen and oxygen atoms in total. The maximum Gasteiger partial charge on any atom is 0.189 e. The minimum Gasteiger partial charge on any atom is -0.341 e. The molecule has 2 heteroatoms. The summed E-state index contributed by atoms with van der Waals surface area (Å²) in [6.45, 7) is 6.34. The van der Waals surface area contributed by atoms with Crippen LogP contribution in [0.3, 0.4) is 0 Å². The van der Waals surface area contributed by atoms with Crippen molar-refractivity contribution in [1.82, 2.24) is 0 Å². The quantitative estimate of drug-likeness (QED) is 0.667. The van der Waals surface area contributed by atoms with Crippen molar-refractivity contribution < 1.29 is 9.47 Å². The first-order valence-corrected chi connectivity index (χ1v) is 8.64. The monoisotopic (exact) mass is 308 g/mol. The van der Waals surface area contributed by atoms with Crippen LogP contribution >= 0.6 is 0 Å². The Kier molecular flexibility index (Phi) is 3.24. The van der Waals surface area contributed by atoms with Crippen molar-refractivity contribution in [2.45, 2.75) is 64.4 Å². The van der Waals surface area contributed by atoms with E-state index in [2.05, 4.69) is 51.0 Å². The topological polar surface area (TPSA) is 18.5 Å². The van der Waals surface area contributed by atoms with Crippen molar-refractivity contribution in [1.29, 1.82) is 0 Å². The maximum absolute atomic E-state index is 6.23. The van der Waals surface area contributed by atoms with Gasteiger partial charge >= 0.3 is 0 Å². The van der Waals surface area contributed by atoms with Crippen molar-refractivity contribution in [3.05, 3.63) is 41.0 Å². The third kappa shape index (κ3) is 2.11. The fourth-order valence-electron chi connectivity index (χ4n) is 4.45. The molecule has 0 radical (unpaired) electrons. The summed E-state index contributed by atoms with van der Waals surface area (Å²) in [7, 11) is 0. The average molecular weight is 308 g/mol. The lowest BCUT2D eigenvalue weighted by molar-refractivity contribution is -0.145. The molecule has 1 spiro atoms. The molecular formula is C21H24O2. The lowest BCUT2D eigenvalue weighted by Crippen LogP contribution is -2.40. The van der Waals surface area contributed by atoms with Crippen LogP contribution < -0.4 is 0 Å². The molecule has 0 saturated carbocycles. The van der Waals surface area contributed by atoms with Crippen LogP contribution in [-0.4, -0.2) is 18.0 Å². The number of fused-ring (bicyclic) bond motifs is 3. The maximum atomic E-state index is 6.23. The van der Waals surface area contributed by atoms with E-state index in [4.69, 9.17) is 15.9 Å². The van der Waals surface area contributed by atoms with E-state index in [1.54, 1.807) is 0 Å². The van der Waals surface area contributed by atoms with Gasteiger partial charge in [-0.05, 0) is 68.4 Å². The predicted octanol–water partition coefficient (Wildman–Crippen LogP) is 4.26. The molecule has 0 aromatic heterocycles. The van der Waals surface area contributed by atoms with Gasteiger partial charge in [0.05, 0.1) is 17.6 Å². The molecule has 1 aliphatic heterocycles. The van der Waals surface area contributed by atoms with Gasteiger partial charge in [0, 0.05) is 6.42 Å². The van der Waals surface area contributed by atoms with E-state index in [9.17, 15) is 0 Å². The van der Waals surface area contributed by atoms with Gasteiger partial charge in [-0.25, -0.2) is 0 Å². The van der Waals surface area contributed by atoms with Crippen molar-refractivity contribution in [2.75, 3.05) is 0 Å². The third-order valence-electron chi connectivity index (χ3n) is 5.94. The Morgan fingerprint density at radius 2 is 1.87 bits per heavy atom. The number of allylic oxidation sites excluding steroid dienone is 1. The fraction of sp³-hybridized carbons (Fsp3) is 0.524. The van der Waals surface area contributed by atoms with Crippen molar-refractivity contribution in [2.24, 2.45) is 5.41 Å². The van der Waals surface area contributed by atoms with Crippen molar-refractivity contribution in [3.8, 4) is 12.3 Å². The molecule has 3 atom stereocenters. The van der Waals surface area contributed by atoms with Gasteiger partial charge in [0.25, 0.3) is 0 Å². The Bertz CT molecular complexity index is 714. The van der Waals surface area contributed by atoms with Gasteiger partial charge in [-0.1, -0.05) is 24.1 Å². The SMILES string of the molecule is C#CC12CCc3cccc(C)c3C1=CC1(CC2)OC(C)C(C)O1. The molecule has 1 aromatic carbocycles. The van der Waals surface area contributed by atoms with Crippen LogP contribution in [0.1, 0.15) is 49.8 Å². The number of hydrogen-bond acceptors (Lipinski definition) is 2. The largest absolute Gasteiger partial charge is 0.341 e. The zero-order chi connectivity index (χ0) is 16.2. The molecule has 3 unspecified atom stereocenters. The molecule has 0 bridgehead atoms. The summed E-state index contributed by atoms with van der Waals surface area (Å²) in [6, 6.07) is 6.55. The number of aryl methyl sites for hydroxylation is 2. The molecule has 3 aliphatic rings. The minimum absolute atomic E-state index is 0.116. The van der Waals surface area contributed by atoms with E-state index in [1.165, 1.54) is 22.3 Å². The van der Waals surface area contributed by atoms with E-state index < -0.39 is 5.79 Å². The first-order valence-electron chi connectivity index (χ1n) is 8.64. The zero-order valence-corrected chi connectivity index (χ0v) is 14.2. The summed E-state index contributed by atoms with van der Waals surface area (Å²) in [6.07, 6.45) is 12.3. The summed E-state index contributed by atoms with van der Waals surface area (Å²) in [4.78, 5) is 0. The van der Waals surface area contributed by atoms with Crippen LogP contribution in [-0.2, 0) is 15.9 Å². The first-order chi connectivity index (χ1) is 11.0. The molecule has 0 amide bonds. The molecule has 1 saturated heterocycles. The van der Waals surface area contributed by atoms with Gasteiger partial charge in [0.2, 0.25) is 0 Å². The zero-order valence-electron chi connectivity index (χ0n) is 14.2. The molecule has 1 aromatic rings. The molecule has 120 valence electrons. The Morgan fingerprint density at radius 3 is 2.57 bits per heavy atom. The number of ether oxygens (including phenoxy) is 2. The molecule has 4 rings (SSSR count). The number of rotatable bonds is 0. The predicted molar refractivity (Wildman–Crippen MR) is 91.8 cm³/mol. The van der Waals surface area contributed by atoms with E-state index in [-0.39, 0.29) is 17.6 Å². The van der Waals surface area contributed by atoms with E-state index >= 15 is 0 Å². The van der Waals surface area contributed by atoms with Gasteiger partial charge in [-0.2, -0.15) is 0 Å². The van der Waals surface area contributed by atoms with Crippen LogP contribution in [0.25, 0.3) is 5.57 Å². The van der Waals surface area contributed by atoms with Crippen LogP contribution in [0, 0.1) is 24.7 Å². The van der Waals surface area contributed by atoms with Gasteiger partial charge in [-0.15, -0.1) is 6.42 Å². The smallest absolute Gasteiger partial charge is 0.189 e. The van der Waals surface area contributed by atoms with E-state index in [0.29, 0.717) is 0 Å². The van der Waals surface area contributed by atoms with Crippen LogP contribution in [0.15, 0.2) is 24.3 Å². The second-order valence-corrected chi connectivity index (χ2v) is 7.35. The standard InChI is InChI=1S/C21H24O2/c1-5-20-10-9-17-8-6-7-14(2)19(17)18(20)13-21(12-11-20)22-15(3)16(4)23-21/h1,6-8,13,15-16H,9-12H2,2-4H3. The summed E-state index contributed by atoms with van der Waals surface area (Å²) < 4.78 is 12.5. The van der Waals surface area contributed by atoms with Crippen LogP contribution in [0.2, 0.25) is 0 Å². The van der Waals surface area contributed by atoms with Crippen molar-refractivity contribution >= 4 is 5.57 Å². The second kappa shape index (κ2) is 4.97. The summed E-state index contributed by atoms with van der Waals surface area (Å²) in [5.74, 6) is 2.55. The van der Waals surface area contributed by atoms with Gasteiger partial charge in [-0.3, -0.25) is 0 Å². The minimum atomic E-state index is -0.592. The van der Waals surface area contributed by atoms with Gasteiger partial charge < -0.3 is 9.47 Å². The van der Waals surface area contributed by atoms with E-state index in [0.717, 1.165) is 25.7 Å². The van der Waals surface area contributed by atoms with Crippen molar-refractivity contribution in [3.63, 3.8) is 0 Å². The lowest BCUT2D eigenvalue weighted by Gasteiger charge is -2.44. The third-order valence-corrected chi connectivity index (χ3v) is 5.94. The van der Waals surface area contributed by atoms with E-state index in [1.807, 2.05) is 0 Å². The van der Waals surface area contributed by atoms with Crippen LogP contribution in [0.5, 0.6) is 0 Å². The summed E-state index contributed by atoms with van der Waals surface area (Å²) in [5, 5.41) is 0. The fourth-order valence-corrected chi connectivity index (χ4v) is 4.45. The highest BCUT2D eigenvalue weighted by atomic mass is 16.8. The Hall–Kier alpha value is -1.56. The molecule has 1 heterocycles. The number of hydrogen-bond donors (Lipinski definition) is 0. The Labute approximate surface area is 138 Å². The summed E-state index contributed by atoms with van der Waals surface area (Å²) in [5.41, 5.74) is 5.12. The second-order valence-electron chi connectivity index (χ2n) is 7.35. The Morgan fingerprint density at radius 1 is 1.13 bits per heavy atom. The highest BCUT2D eigenvalue weighted by Gasteiger charge is 2.51. The number of benzene rings is 1. The lowest BCUT2D eigenvalue weighted by atomic mass is 9.62. The summed E-state index contributed by atoms with van der Waals surface area (Å²) >= 11 is 0. The highest BCUT2D eigenvalue weighted by molar-refractivity contribution is 5.80. The first kappa shape index (κ1) is 15.0. The normalized spacial score (nSPS) is 38.6. The molecule has 0 N–H and O–H groups in total.